The number of carboxylic acids is 1. The van der Waals surface area contributed by atoms with Crippen LogP contribution in [0.1, 0.15) is 50.0 Å². The summed E-state index contributed by atoms with van der Waals surface area (Å²) in [6, 6.07) is 3.30. The van der Waals surface area contributed by atoms with Gasteiger partial charge in [0.25, 0.3) is 0 Å². The maximum Gasteiger partial charge on any atom is 0.323 e. The number of benzene rings is 1. The van der Waals surface area contributed by atoms with Gasteiger partial charge in [-0.1, -0.05) is 29.1 Å². The maximum atomic E-state index is 13.1. The van der Waals surface area contributed by atoms with Crippen molar-refractivity contribution in [3.63, 3.8) is 0 Å². The van der Waals surface area contributed by atoms with E-state index in [1.165, 1.54) is 0 Å². The van der Waals surface area contributed by atoms with E-state index in [9.17, 15) is 19.5 Å². The van der Waals surface area contributed by atoms with Crippen LogP contribution < -0.4 is 4.74 Å². The summed E-state index contributed by atoms with van der Waals surface area (Å²) in [5, 5.41) is 9.97. The molecule has 0 spiro atoms. The number of carbonyl (C=O) groups excluding carboxylic acids is 2. The zero-order valence-electron chi connectivity index (χ0n) is 17.2. The number of carboxylic acid groups (broad SMARTS) is 1. The molecule has 0 bridgehead atoms. The predicted molar refractivity (Wildman–Crippen MR) is 120 cm³/mol. The SMILES string of the molecule is C#CCOc1c(Cl)cc(C2C3=C(CCCC3=O)N(CC(=O)O)C3=C2C(=O)CCC3)cc1Cl. The van der Waals surface area contributed by atoms with Crippen LogP contribution in [0, 0.1) is 12.3 Å². The van der Waals surface area contributed by atoms with E-state index in [0.717, 1.165) is 0 Å². The highest BCUT2D eigenvalue weighted by atomic mass is 35.5. The van der Waals surface area contributed by atoms with Gasteiger partial charge in [0.05, 0.1) is 10.0 Å². The Morgan fingerprint density at radius 2 is 1.59 bits per heavy atom. The minimum Gasteiger partial charge on any atom is -0.480 e. The van der Waals surface area contributed by atoms with E-state index in [-0.39, 0.29) is 40.5 Å². The predicted octanol–water partition coefficient (Wildman–Crippen LogP) is 4.50. The Bertz CT molecular complexity index is 1060. The summed E-state index contributed by atoms with van der Waals surface area (Å²) in [5.74, 6) is 0.776. The van der Waals surface area contributed by atoms with Crippen molar-refractivity contribution in [2.45, 2.75) is 44.4 Å². The molecule has 2 aliphatic carbocycles. The summed E-state index contributed by atoms with van der Waals surface area (Å²) in [4.78, 5) is 39.5. The Labute approximate surface area is 195 Å². The quantitative estimate of drug-likeness (QED) is 0.633. The summed E-state index contributed by atoms with van der Waals surface area (Å²) in [6.07, 6.45) is 8.36. The van der Waals surface area contributed by atoms with Gasteiger partial charge in [-0.3, -0.25) is 14.4 Å². The summed E-state index contributed by atoms with van der Waals surface area (Å²) in [6.45, 7) is -0.292. The topological polar surface area (TPSA) is 83.9 Å². The molecule has 0 saturated carbocycles. The highest BCUT2D eigenvalue weighted by molar-refractivity contribution is 6.37. The van der Waals surface area contributed by atoms with Crippen LogP contribution in [0.4, 0.5) is 0 Å². The first kappa shape index (κ1) is 22.4. The average molecular weight is 474 g/mol. The number of nitrogens with zero attached hydrogens (tertiary/aromatic N) is 1. The van der Waals surface area contributed by atoms with Gasteiger partial charge in [-0.2, -0.15) is 0 Å². The summed E-state index contributed by atoms with van der Waals surface area (Å²) < 4.78 is 5.44. The third kappa shape index (κ3) is 3.92. The molecule has 166 valence electrons. The molecule has 0 fully saturated rings. The Morgan fingerprint density at radius 3 is 2.06 bits per heavy atom. The van der Waals surface area contributed by atoms with E-state index in [0.29, 0.717) is 66.6 Å². The number of rotatable bonds is 5. The number of hydrogen-bond acceptors (Lipinski definition) is 5. The number of carbonyl (C=O) groups is 3. The number of hydrogen-bond donors (Lipinski definition) is 1. The number of aliphatic carboxylic acids is 1. The second kappa shape index (κ2) is 9.01. The molecule has 1 aliphatic heterocycles. The van der Waals surface area contributed by atoms with Gasteiger partial charge in [0.2, 0.25) is 0 Å². The molecule has 1 aromatic rings. The first-order valence-electron chi connectivity index (χ1n) is 10.4. The zero-order valence-corrected chi connectivity index (χ0v) is 18.8. The molecule has 0 saturated heterocycles. The number of allylic oxidation sites excluding steroid dienone is 4. The van der Waals surface area contributed by atoms with Gasteiger partial charge in [0, 0.05) is 41.3 Å². The van der Waals surface area contributed by atoms with Gasteiger partial charge in [-0.15, -0.1) is 6.42 Å². The lowest BCUT2D eigenvalue weighted by Gasteiger charge is -2.43. The van der Waals surface area contributed by atoms with Gasteiger partial charge >= 0.3 is 5.97 Å². The van der Waals surface area contributed by atoms with Gasteiger partial charge < -0.3 is 14.7 Å². The number of ether oxygens (including phenoxy) is 1. The van der Waals surface area contributed by atoms with Crippen molar-refractivity contribution in [1.29, 1.82) is 0 Å². The Hall–Kier alpha value is -2.75. The Kier molecular flexibility index (Phi) is 6.32. The summed E-state index contributed by atoms with van der Waals surface area (Å²) in [7, 11) is 0. The van der Waals surface area contributed by atoms with Crippen molar-refractivity contribution in [2.24, 2.45) is 0 Å². The van der Waals surface area contributed by atoms with Crippen molar-refractivity contribution in [3.8, 4) is 18.1 Å². The summed E-state index contributed by atoms with van der Waals surface area (Å²) in [5.41, 5.74) is 2.91. The van der Waals surface area contributed by atoms with Crippen molar-refractivity contribution >= 4 is 40.7 Å². The van der Waals surface area contributed by atoms with Crippen molar-refractivity contribution in [2.75, 3.05) is 13.2 Å². The fraction of sp³-hybridized carbons (Fsp3) is 0.375. The third-order valence-electron chi connectivity index (χ3n) is 6.03. The molecule has 8 heteroatoms. The summed E-state index contributed by atoms with van der Waals surface area (Å²) >= 11 is 12.9. The van der Waals surface area contributed by atoms with Crippen molar-refractivity contribution in [3.05, 3.63) is 50.3 Å². The molecular weight excluding hydrogens is 453 g/mol. The van der Waals surface area contributed by atoms with E-state index in [2.05, 4.69) is 5.92 Å². The first-order valence-corrected chi connectivity index (χ1v) is 11.2. The number of ketones is 2. The van der Waals surface area contributed by atoms with Crippen LogP contribution in [0.5, 0.6) is 5.75 Å². The minimum atomic E-state index is -1.01. The standard InChI is InChI=1S/C24H21Cl2NO5/c1-2-9-32-24-14(25)10-13(11-15(24)26)21-22-16(5-3-7-18(22)28)27(12-20(30)31)17-6-4-8-19(29)23(17)21/h1,10-11,21H,3-9,12H2,(H,30,31). The molecule has 32 heavy (non-hydrogen) atoms. The van der Waals surface area contributed by atoms with Crippen molar-refractivity contribution in [1.82, 2.24) is 4.90 Å². The largest absolute Gasteiger partial charge is 0.480 e. The lowest BCUT2D eigenvalue weighted by Crippen LogP contribution is -2.41. The molecule has 1 heterocycles. The highest BCUT2D eigenvalue weighted by Crippen LogP contribution is 2.50. The fourth-order valence-electron chi connectivity index (χ4n) is 4.87. The van der Waals surface area contributed by atoms with E-state index >= 15 is 0 Å². The molecule has 0 aromatic heterocycles. The van der Waals surface area contributed by atoms with Gasteiger partial charge in [-0.05, 0) is 43.4 Å². The first-order chi connectivity index (χ1) is 15.3. The molecule has 1 aromatic carbocycles. The number of halogens is 2. The monoisotopic (exact) mass is 473 g/mol. The maximum absolute atomic E-state index is 13.1. The van der Waals surface area contributed by atoms with Crippen LogP contribution in [-0.2, 0) is 14.4 Å². The van der Waals surface area contributed by atoms with Crippen LogP contribution in [0.2, 0.25) is 10.0 Å². The van der Waals surface area contributed by atoms with Crippen LogP contribution in [0.25, 0.3) is 0 Å². The molecule has 3 aliphatic rings. The normalized spacial score (nSPS) is 19.0. The van der Waals surface area contributed by atoms with Crippen LogP contribution in [-0.4, -0.2) is 40.7 Å². The molecule has 0 amide bonds. The van der Waals surface area contributed by atoms with Crippen LogP contribution in [0.3, 0.4) is 0 Å². The highest BCUT2D eigenvalue weighted by Gasteiger charge is 2.43. The number of terminal acetylenes is 1. The average Bonchev–Trinajstić information content (AvgIpc) is 2.73. The van der Waals surface area contributed by atoms with Crippen LogP contribution in [0.15, 0.2) is 34.7 Å². The van der Waals surface area contributed by atoms with E-state index in [1.807, 2.05) is 0 Å². The Morgan fingerprint density at radius 1 is 1.06 bits per heavy atom. The van der Waals surface area contributed by atoms with Crippen molar-refractivity contribution < 1.29 is 24.2 Å². The van der Waals surface area contributed by atoms with Gasteiger partial charge in [0.15, 0.2) is 17.3 Å². The lowest BCUT2D eigenvalue weighted by atomic mass is 9.71. The van der Waals surface area contributed by atoms with E-state index in [1.54, 1.807) is 17.0 Å². The smallest absolute Gasteiger partial charge is 0.323 e. The molecule has 6 nitrogen and oxygen atoms in total. The third-order valence-corrected chi connectivity index (χ3v) is 6.60. The van der Waals surface area contributed by atoms with Crippen LogP contribution >= 0.6 is 23.2 Å². The van der Waals surface area contributed by atoms with E-state index in [4.69, 9.17) is 34.4 Å². The Balaban J connectivity index is 1.92. The minimum absolute atomic E-state index is 0.00601. The molecule has 1 N–H and O–H groups in total. The second-order valence-corrected chi connectivity index (χ2v) is 8.81. The molecule has 4 rings (SSSR count). The molecular formula is C24H21Cl2NO5. The fourth-order valence-corrected chi connectivity index (χ4v) is 5.49. The zero-order chi connectivity index (χ0) is 23.0. The number of Topliss-reactive ketones (excluding diaryl/α,β-unsaturated/α-hetero) is 2. The van der Waals surface area contributed by atoms with Gasteiger partial charge in [0.1, 0.15) is 13.2 Å². The second-order valence-electron chi connectivity index (χ2n) is 7.99. The van der Waals surface area contributed by atoms with E-state index < -0.39 is 11.9 Å². The molecule has 0 radical (unpaired) electrons. The van der Waals surface area contributed by atoms with Gasteiger partial charge in [-0.25, -0.2) is 0 Å². The molecule has 0 unspecified atom stereocenters. The molecule has 0 atom stereocenters. The lowest BCUT2D eigenvalue weighted by molar-refractivity contribution is -0.138.